The Morgan fingerprint density at radius 2 is 2.05 bits per heavy atom. The van der Waals surface area contributed by atoms with Gasteiger partial charge in [-0.2, -0.15) is 0 Å². The lowest BCUT2D eigenvalue weighted by Crippen LogP contribution is -2.54. The minimum atomic E-state index is -0.137. The van der Waals surface area contributed by atoms with Crippen LogP contribution in [0.25, 0.3) is 0 Å². The summed E-state index contributed by atoms with van der Waals surface area (Å²) in [5.74, 6) is 0.452. The van der Waals surface area contributed by atoms with Crippen LogP contribution in [0.4, 0.5) is 0 Å². The Bertz CT molecular complexity index is 477. The highest BCUT2D eigenvalue weighted by atomic mass is 16.5. The lowest BCUT2D eigenvalue weighted by atomic mass is 9.88. The van der Waals surface area contributed by atoms with Gasteiger partial charge in [0.05, 0.1) is 12.7 Å². The van der Waals surface area contributed by atoms with Crippen molar-refractivity contribution in [1.82, 2.24) is 15.2 Å². The molecule has 0 saturated carbocycles. The lowest BCUT2D eigenvalue weighted by Gasteiger charge is -2.41. The fourth-order valence-corrected chi connectivity index (χ4v) is 2.64. The third-order valence-electron chi connectivity index (χ3n) is 4.25. The van der Waals surface area contributed by atoms with Gasteiger partial charge in [0.2, 0.25) is 5.88 Å². The molecule has 0 bridgehead atoms. The molecule has 1 N–H and O–H groups in total. The number of carbonyl (C=O) groups is 1. The summed E-state index contributed by atoms with van der Waals surface area (Å²) in [6.07, 6.45) is 3.50. The number of rotatable bonds is 4. The summed E-state index contributed by atoms with van der Waals surface area (Å²) in [6, 6.07) is 4.02. The summed E-state index contributed by atoms with van der Waals surface area (Å²) in [5.41, 5.74) is 0.436. The number of likely N-dealkylation sites (tertiary alicyclic amines) is 1. The van der Waals surface area contributed by atoms with Crippen LogP contribution in [0.3, 0.4) is 0 Å². The zero-order chi connectivity index (χ0) is 15.5. The smallest absolute Gasteiger partial charge is 0.253 e. The predicted octanol–water partition coefficient (Wildman–Crippen LogP) is 2.08. The zero-order valence-electron chi connectivity index (χ0n) is 13.3. The van der Waals surface area contributed by atoms with Crippen LogP contribution in [0.15, 0.2) is 18.3 Å². The molecule has 1 aliphatic rings. The van der Waals surface area contributed by atoms with Gasteiger partial charge >= 0.3 is 0 Å². The van der Waals surface area contributed by atoms with E-state index in [9.17, 15) is 4.79 Å². The number of hydrogen-bond acceptors (Lipinski definition) is 4. The quantitative estimate of drug-likeness (QED) is 0.923. The van der Waals surface area contributed by atoms with Gasteiger partial charge in [-0.3, -0.25) is 4.79 Å². The van der Waals surface area contributed by atoms with E-state index in [2.05, 4.69) is 36.0 Å². The second-order valence-electron chi connectivity index (χ2n) is 6.23. The number of nitrogens with one attached hydrogen (secondary N) is 1. The van der Waals surface area contributed by atoms with Crippen molar-refractivity contribution < 1.29 is 9.53 Å². The number of methoxy groups -OCH3 is 1. The largest absolute Gasteiger partial charge is 0.481 e. The number of hydrogen-bond donors (Lipinski definition) is 1. The van der Waals surface area contributed by atoms with Gasteiger partial charge in [0.1, 0.15) is 0 Å². The van der Waals surface area contributed by atoms with Crippen LogP contribution < -0.4 is 10.1 Å². The molecule has 1 aromatic rings. The molecular weight excluding hydrogens is 266 g/mol. The Hall–Kier alpha value is -1.62. The van der Waals surface area contributed by atoms with Gasteiger partial charge < -0.3 is 15.0 Å². The van der Waals surface area contributed by atoms with Gasteiger partial charge in [0.25, 0.3) is 5.91 Å². The van der Waals surface area contributed by atoms with Crippen molar-refractivity contribution in [2.45, 2.75) is 45.2 Å². The van der Waals surface area contributed by atoms with Crippen molar-refractivity contribution in [1.29, 1.82) is 0 Å². The van der Waals surface area contributed by atoms with Crippen LogP contribution in [0, 0.1) is 0 Å². The van der Waals surface area contributed by atoms with E-state index in [-0.39, 0.29) is 11.4 Å². The minimum absolute atomic E-state index is 0.0642. The van der Waals surface area contributed by atoms with Gasteiger partial charge in [0.15, 0.2) is 0 Å². The number of nitrogens with zero attached hydrogens (tertiary/aromatic N) is 2. The molecule has 0 spiro atoms. The maximum atomic E-state index is 12.3. The molecule has 2 heterocycles. The number of carbonyl (C=O) groups excluding carboxylic acids is 1. The summed E-state index contributed by atoms with van der Waals surface area (Å²) < 4.78 is 5.00. The predicted molar refractivity (Wildman–Crippen MR) is 82.6 cm³/mol. The first-order valence-corrected chi connectivity index (χ1v) is 7.50. The van der Waals surface area contributed by atoms with Crippen molar-refractivity contribution in [2.24, 2.45) is 0 Å². The summed E-state index contributed by atoms with van der Waals surface area (Å²) in [6.45, 7) is 8.60. The summed E-state index contributed by atoms with van der Waals surface area (Å²) in [4.78, 5) is 18.9. The van der Waals surface area contributed by atoms with Crippen molar-refractivity contribution in [2.75, 3.05) is 20.2 Å². The fraction of sp³-hybridized carbons (Fsp3) is 0.625. The van der Waals surface area contributed by atoms with Crippen molar-refractivity contribution in [3.05, 3.63) is 23.9 Å². The maximum absolute atomic E-state index is 12.3. The van der Waals surface area contributed by atoms with Crippen LogP contribution in [0.2, 0.25) is 0 Å². The molecule has 5 nitrogen and oxygen atoms in total. The van der Waals surface area contributed by atoms with Crippen molar-refractivity contribution in [3.63, 3.8) is 0 Å². The van der Waals surface area contributed by atoms with E-state index in [0.717, 1.165) is 25.9 Å². The molecule has 116 valence electrons. The summed E-state index contributed by atoms with van der Waals surface area (Å²) in [7, 11) is 1.56. The number of aromatic nitrogens is 1. The first-order chi connectivity index (χ1) is 9.93. The van der Waals surface area contributed by atoms with Crippen LogP contribution in [-0.2, 0) is 0 Å². The monoisotopic (exact) mass is 291 g/mol. The Balaban J connectivity index is 1.95. The molecule has 1 aromatic heterocycles. The van der Waals surface area contributed by atoms with Crippen LogP contribution in [0.5, 0.6) is 5.88 Å². The number of amides is 1. The zero-order valence-corrected chi connectivity index (χ0v) is 13.3. The average Bonchev–Trinajstić information content (AvgIpc) is 2.47. The average molecular weight is 291 g/mol. The number of piperidine rings is 1. The van der Waals surface area contributed by atoms with Gasteiger partial charge in [-0.15, -0.1) is 0 Å². The molecule has 5 heteroatoms. The molecule has 2 rings (SSSR count). The van der Waals surface area contributed by atoms with Crippen molar-refractivity contribution >= 4 is 5.91 Å². The van der Waals surface area contributed by atoms with Crippen LogP contribution >= 0.6 is 0 Å². The first kappa shape index (κ1) is 15.8. The standard InChI is InChI=1S/C16H25N3O2/c1-12(2)19-9-7-16(3,8-10-19)18-15(20)13-5-6-14(21-4)17-11-13/h5-6,11-12H,7-10H2,1-4H3,(H,18,20). The Morgan fingerprint density at radius 3 is 2.52 bits per heavy atom. The fourth-order valence-electron chi connectivity index (χ4n) is 2.64. The molecule has 0 aliphatic carbocycles. The Kier molecular flexibility index (Phi) is 4.83. The molecule has 1 amide bonds. The molecule has 0 aromatic carbocycles. The molecular formula is C16H25N3O2. The van der Waals surface area contributed by atoms with E-state index < -0.39 is 0 Å². The van der Waals surface area contributed by atoms with Gasteiger partial charge in [0, 0.05) is 36.9 Å². The Morgan fingerprint density at radius 1 is 1.38 bits per heavy atom. The maximum Gasteiger partial charge on any atom is 0.253 e. The van der Waals surface area contributed by atoms with E-state index in [1.165, 1.54) is 0 Å². The third kappa shape index (κ3) is 3.94. The Labute approximate surface area is 126 Å². The summed E-state index contributed by atoms with van der Waals surface area (Å²) in [5, 5.41) is 3.16. The first-order valence-electron chi connectivity index (χ1n) is 7.50. The van der Waals surface area contributed by atoms with Gasteiger partial charge in [-0.25, -0.2) is 4.98 Å². The van der Waals surface area contributed by atoms with E-state index in [4.69, 9.17) is 4.74 Å². The SMILES string of the molecule is COc1ccc(C(=O)NC2(C)CCN(C(C)C)CC2)cn1. The molecule has 21 heavy (non-hydrogen) atoms. The molecule has 0 unspecified atom stereocenters. The third-order valence-corrected chi connectivity index (χ3v) is 4.25. The minimum Gasteiger partial charge on any atom is -0.481 e. The highest BCUT2D eigenvalue weighted by molar-refractivity contribution is 5.94. The van der Waals surface area contributed by atoms with Crippen LogP contribution in [0.1, 0.15) is 44.0 Å². The summed E-state index contributed by atoms with van der Waals surface area (Å²) >= 11 is 0. The van der Waals surface area contributed by atoms with E-state index >= 15 is 0 Å². The van der Waals surface area contributed by atoms with E-state index in [1.54, 1.807) is 25.4 Å². The second-order valence-corrected chi connectivity index (χ2v) is 6.23. The normalized spacial score (nSPS) is 18.5. The number of pyridine rings is 1. The number of ether oxygens (including phenoxy) is 1. The van der Waals surface area contributed by atoms with Crippen LogP contribution in [-0.4, -0.2) is 47.6 Å². The highest BCUT2D eigenvalue weighted by Crippen LogP contribution is 2.23. The van der Waals surface area contributed by atoms with Gasteiger partial charge in [-0.05, 0) is 39.7 Å². The van der Waals surface area contributed by atoms with E-state index in [1.807, 2.05) is 0 Å². The molecule has 1 aliphatic heterocycles. The molecule has 1 fully saturated rings. The topological polar surface area (TPSA) is 54.5 Å². The molecule has 1 saturated heterocycles. The lowest BCUT2D eigenvalue weighted by molar-refractivity contribution is 0.0801. The van der Waals surface area contributed by atoms with E-state index in [0.29, 0.717) is 17.5 Å². The van der Waals surface area contributed by atoms with Crippen molar-refractivity contribution in [3.8, 4) is 5.88 Å². The second kappa shape index (κ2) is 6.43. The highest BCUT2D eigenvalue weighted by Gasteiger charge is 2.32. The molecule has 0 radical (unpaired) electrons. The van der Waals surface area contributed by atoms with Gasteiger partial charge in [-0.1, -0.05) is 0 Å². The molecule has 0 atom stereocenters.